The van der Waals surface area contributed by atoms with Crippen molar-refractivity contribution < 1.29 is 14.3 Å². The van der Waals surface area contributed by atoms with E-state index in [1.807, 2.05) is 12.1 Å². The molecule has 2 aromatic rings. The Balaban J connectivity index is 0.000000282. The van der Waals surface area contributed by atoms with Crippen molar-refractivity contribution in [3.63, 3.8) is 0 Å². The van der Waals surface area contributed by atoms with Gasteiger partial charge in [-0.05, 0) is 115 Å². The van der Waals surface area contributed by atoms with Gasteiger partial charge in [-0.15, -0.1) is 0 Å². The second-order valence-corrected chi connectivity index (χ2v) is 11.8. The normalized spacial score (nSPS) is 18.0. The maximum Gasteiger partial charge on any atom is 0.159 e. The molecule has 7 heteroatoms. The number of aldehydes is 1. The zero-order chi connectivity index (χ0) is 29.5. The number of nitrogens with zero attached hydrogens (tertiary/aromatic N) is 3. The van der Waals surface area contributed by atoms with Gasteiger partial charge in [0.15, 0.2) is 6.73 Å². The molecule has 0 radical (unpaired) electrons. The third-order valence-electron chi connectivity index (χ3n) is 8.28. The van der Waals surface area contributed by atoms with Crippen molar-refractivity contribution in [3.05, 3.63) is 53.6 Å². The molecule has 228 valence electrons. The van der Waals surface area contributed by atoms with Crippen LogP contribution in [0.25, 0.3) is 0 Å². The fourth-order valence-corrected chi connectivity index (χ4v) is 5.85. The van der Waals surface area contributed by atoms with E-state index in [4.69, 9.17) is 9.47 Å². The van der Waals surface area contributed by atoms with E-state index in [0.29, 0.717) is 25.2 Å². The summed E-state index contributed by atoms with van der Waals surface area (Å²) < 4.78 is 11.1. The summed E-state index contributed by atoms with van der Waals surface area (Å²) in [4.78, 5) is 18.2. The summed E-state index contributed by atoms with van der Waals surface area (Å²) in [5.74, 6) is 2.31. The van der Waals surface area contributed by atoms with E-state index in [-0.39, 0.29) is 0 Å². The molecular formula is C34H54N4O3. The van der Waals surface area contributed by atoms with E-state index in [9.17, 15) is 4.79 Å². The number of nitrogens with one attached hydrogen (secondary N) is 1. The molecule has 1 fully saturated rings. The number of carbonyl (C=O) groups excluding carboxylic acids is 1. The Morgan fingerprint density at radius 2 is 1.83 bits per heavy atom. The van der Waals surface area contributed by atoms with Crippen molar-refractivity contribution in [1.82, 2.24) is 14.7 Å². The number of para-hydroxylation sites is 1. The van der Waals surface area contributed by atoms with Gasteiger partial charge in [0.1, 0.15) is 17.8 Å². The lowest BCUT2D eigenvalue weighted by Crippen LogP contribution is -2.31. The van der Waals surface area contributed by atoms with Crippen LogP contribution in [0.3, 0.4) is 0 Å². The number of rotatable bonds is 16. The van der Waals surface area contributed by atoms with Gasteiger partial charge >= 0.3 is 0 Å². The lowest BCUT2D eigenvalue weighted by Gasteiger charge is -2.22. The van der Waals surface area contributed by atoms with Crippen LogP contribution in [-0.4, -0.2) is 94.7 Å². The van der Waals surface area contributed by atoms with Gasteiger partial charge in [-0.3, -0.25) is 4.90 Å². The maximum atomic E-state index is 11.2. The average Bonchev–Trinajstić information content (AvgIpc) is 3.62. The Labute approximate surface area is 249 Å². The first-order valence-corrected chi connectivity index (χ1v) is 15.6. The first kappa shape index (κ1) is 32.9. The monoisotopic (exact) mass is 566 g/mol. The van der Waals surface area contributed by atoms with Crippen molar-refractivity contribution in [2.75, 3.05) is 73.0 Å². The number of hydrogen-bond donors (Lipinski definition) is 1. The summed E-state index contributed by atoms with van der Waals surface area (Å²) in [6, 6.07) is 15.0. The number of aryl methyl sites for hydroxylation is 1. The van der Waals surface area contributed by atoms with Gasteiger partial charge in [-0.25, -0.2) is 0 Å². The smallest absolute Gasteiger partial charge is 0.159 e. The van der Waals surface area contributed by atoms with Crippen LogP contribution in [-0.2, 0) is 11.2 Å². The highest BCUT2D eigenvalue weighted by atomic mass is 16.5. The van der Waals surface area contributed by atoms with Crippen LogP contribution in [0.4, 0.5) is 5.69 Å². The van der Waals surface area contributed by atoms with Gasteiger partial charge in [0.25, 0.3) is 0 Å². The minimum absolute atomic E-state index is 0.400. The number of benzene rings is 2. The zero-order valence-electron chi connectivity index (χ0n) is 26.2. The molecule has 2 heterocycles. The molecule has 2 unspecified atom stereocenters. The number of ether oxygens (including phenoxy) is 2. The molecule has 1 saturated heterocycles. The Morgan fingerprint density at radius 1 is 1.05 bits per heavy atom. The SMILES string of the molecule is CCCCN(C)CCCCCN(C)C.COc1ccccc1CCC1CC(c2ccc3c(c2)OCN3)CN1CC=O. The Bertz CT molecular complexity index is 1030. The Kier molecular flexibility index (Phi) is 14.5. The van der Waals surface area contributed by atoms with Gasteiger partial charge in [-0.1, -0.05) is 44.0 Å². The van der Waals surface area contributed by atoms with E-state index in [1.165, 1.54) is 62.9 Å². The summed E-state index contributed by atoms with van der Waals surface area (Å²) in [7, 11) is 8.25. The van der Waals surface area contributed by atoms with Crippen LogP contribution < -0.4 is 14.8 Å². The van der Waals surface area contributed by atoms with Crippen LogP contribution in [0.15, 0.2) is 42.5 Å². The molecule has 0 bridgehead atoms. The standard InChI is InChI=1S/C22H26N2O3.C12H28N2/c1-26-21-5-3-2-4-16(21)6-8-19-12-18(14-24(19)10-11-25)17-7-9-20-22(13-17)27-15-23-20;1-5-6-11-14(4)12-9-7-8-10-13(2)3/h2-5,7,9,11,13,18-19,23H,6,8,10,12,14-15H2,1H3;5-12H2,1-4H3. The van der Waals surface area contributed by atoms with Gasteiger partial charge in [0, 0.05) is 12.6 Å². The van der Waals surface area contributed by atoms with Crippen LogP contribution in [0.1, 0.15) is 68.9 Å². The Morgan fingerprint density at radius 3 is 2.59 bits per heavy atom. The molecule has 41 heavy (non-hydrogen) atoms. The average molecular weight is 567 g/mol. The largest absolute Gasteiger partial charge is 0.496 e. The lowest BCUT2D eigenvalue weighted by atomic mass is 9.93. The van der Waals surface area contributed by atoms with E-state index in [0.717, 1.165) is 49.3 Å². The first-order chi connectivity index (χ1) is 19.9. The third-order valence-corrected chi connectivity index (χ3v) is 8.28. The van der Waals surface area contributed by atoms with Gasteiger partial charge < -0.3 is 29.4 Å². The van der Waals surface area contributed by atoms with Crippen molar-refractivity contribution in [3.8, 4) is 11.5 Å². The number of likely N-dealkylation sites (tertiary alicyclic amines) is 1. The predicted molar refractivity (Wildman–Crippen MR) is 170 cm³/mol. The molecule has 2 atom stereocenters. The number of anilines is 1. The second kappa shape index (κ2) is 18.0. The fourth-order valence-electron chi connectivity index (χ4n) is 5.85. The quantitative estimate of drug-likeness (QED) is 0.201. The van der Waals surface area contributed by atoms with Crippen LogP contribution in [0.5, 0.6) is 11.5 Å². The summed E-state index contributed by atoms with van der Waals surface area (Å²) in [5.41, 5.74) is 3.59. The molecule has 7 nitrogen and oxygen atoms in total. The third kappa shape index (κ3) is 11.0. The number of fused-ring (bicyclic) bond motifs is 1. The molecule has 4 rings (SSSR count). The zero-order valence-corrected chi connectivity index (χ0v) is 26.2. The van der Waals surface area contributed by atoms with Crippen LogP contribution in [0.2, 0.25) is 0 Å². The minimum Gasteiger partial charge on any atom is -0.496 e. The number of carbonyl (C=O) groups is 1. The van der Waals surface area contributed by atoms with Gasteiger partial charge in [0.2, 0.25) is 0 Å². The van der Waals surface area contributed by atoms with E-state index >= 15 is 0 Å². The van der Waals surface area contributed by atoms with E-state index in [1.54, 1.807) is 7.11 Å². The highest BCUT2D eigenvalue weighted by Gasteiger charge is 2.33. The molecular weight excluding hydrogens is 512 g/mol. The number of hydrogen-bond acceptors (Lipinski definition) is 7. The summed E-state index contributed by atoms with van der Waals surface area (Å²) >= 11 is 0. The van der Waals surface area contributed by atoms with Crippen molar-refractivity contribution in [1.29, 1.82) is 0 Å². The maximum absolute atomic E-state index is 11.2. The lowest BCUT2D eigenvalue weighted by molar-refractivity contribution is -0.109. The number of unbranched alkanes of at least 4 members (excludes halogenated alkanes) is 3. The summed E-state index contributed by atoms with van der Waals surface area (Å²) in [5, 5.41) is 3.21. The molecule has 0 amide bonds. The predicted octanol–water partition coefficient (Wildman–Crippen LogP) is 5.90. The molecule has 2 aliphatic rings. The molecule has 0 spiro atoms. The van der Waals surface area contributed by atoms with Crippen molar-refractivity contribution in [2.24, 2.45) is 0 Å². The van der Waals surface area contributed by atoms with Crippen LogP contribution in [0, 0.1) is 0 Å². The highest BCUT2D eigenvalue weighted by Crippen LogP contribution is 2.38. The van der Waals surface area contributed by atoms with E-state index in [2.05, 4.69) is 78.4 Å². The highest BCUT2D eigenvalue weighted by molar-refractivity contribution is 5.60. The van der Waals surface area contributed by atoms with Gasteiger partial charge in [0.05, 0.1) is 19.3 Å². The van der Waals surface area contributed by atoms with E-state index < -0.39 is 0 Å². The minimum atomic E-state index is 0.400. The molecule has 2 aliphatic heterocycles. The van der Waals surface area contributed by atoms with Crippen molar-refractivity contribution >= 4 is 12.0 Å². The van der Waals surface area contributed by atoms with Crippen molar-refractivity contribution in [2.45, 2.75) is 70.3 Å². The molecule has 0 aromatic heterocycles. The fraction of sp³-hybridized carbons (Fsp3) is 0.618. The first-order valence-electron chi connectivity index (χ1n) is 15.6. The Hall–Kier alpha value is -2.61. The second-order valence-electron chi connectivity index (χ2n) is 11.8. The molecule has 0 aliphatic carbocycles. The molecule has 1 N–H and O–H groups in total. The molecule has 2 aromatic carbocycles. The summed E-state index contributed by atoms with van der Waals surface area (Å²) in [6.45, 7) is 7.99. The summed E-state index contributed by atoms with van der Waals surface area (Å²) in [6.07, 6.45) is 10.8. The molecule has 0 saturated carbocycles. The van der Waals surface area contributed by atoms with Crippen LogP contribution >= 0.6 is 0 Å². The topological polar surface area (TPSA) is 57.3 Å². The van der Waals surface area contributed by atoms with Gasteiger partial charge in [-0.2, -0.15) is 0 Å². The number of methoxy groups -OCH3 is 1.